The van der Waals surface area contributed by atoms with Gasteiger partial charge in [0, 0.05) is 30.6 Å². The van der Waals surface area contributed by atoms with Crippen LogP contribution >= 0.6 is 0 Å². The molecule has 0 aliphatic rings. The smallest absolute Gasteiger partial charge is 0.433 e. The molecule has 0 spiro atoms. The molecule has 0 atom stereocenters. The number of benzene rings is 1. The molecule has 10 heteroatoms. The maximum absolute atomic E-state index is 13.2. The molecule has 0 bridgehead atoms. The summed E-state index contributed by atoms with van der Waals surface area (Å²) in [7, 11) is 0. The van der Waals surface area contributed by atoms with E-state index in [4.69, 9.17) is 10.8 Å². The Morgan fingerprint density at radius 1 is 1.10 bits per heavy atom. The predicted octanol–water partition coefficient (Wildman–Crippen LogP) is 3.65. The molecule has 0 radical (unpaired) electrons. The number of hydrogen-bond acceptors (Lipinski definition) is 5. The van der Waals surface area contributed by atoms with Gasteiger partial charge in [-0.3, -0.25) is 4.98 Å². The van der Waals surface area contributed by atoms with Crippen molar-refractivity contribution in [3.8, 4) is 11.3 Å². The van der Waals surface area contributed by atoms with Crippen LogP contribution in [0.25, 0.3) is 16.9 Å². The van der Waals surface area contributed by atoms with E-state index in [1.807, 2.05) is 12.1 Å². The topological polar surface area (TPSA) is 106 Å². The number of nitrogens with zero attached hydrogens (tertiary/aromatic N) is 4. The Hall–Kier alpha value is -3.79. The van der Waals surface area contributed by atoms with Crippen LogP contribution in [0.3, 0.4) is 0 Å². The zero-order valence-corrected chi connectivity index (χ0v) is 15.4. The number of nitrogens with two attached hydrogens (primary N) is 1. The van der Waals surface area contributed by atoms with Crippen LogP contribution in [0.5, 0.6) is 0 Å². The van der Waals surface area contributed by atoms with Crippen molar-refractivity contribution in [2.45, 2.75) is 12.7 Å². The molecule has 0 unspecified atom stereocenters. The van der Waals surface area contributed by atoms with Gasteiger partial charge < -0.3 is 10.8 Å². The number of carbonyl (C=O) groups is 1. The van der Waals surface area contributed by atoms with Crippen molar-refractivity contribution in [3.63, 3.8) is 0 Å². The van der Waals surface area contributed by atoms with Crippen molar-refractivity contribution in [2.75, 3.05) is 0 Å². The van der Waals surface area contributed by atoms with E-state index in [9.17, 15) is 18.0 Å². The number of carboxylic acids is 1. The molecule has 0 amide bonds. The van der Waals surface area contributed by atoms with E-state index < -0.39 is 23.5 Å². The monoisotopic (exact) mass is 415 g/mol. The summed E-state index contributed by atoms with van der Waals surface area (Å²) in [4.78, 5) is 18.8. The van der Waals surface area contributed by atoms with Crippen molar-refractivity contribution in [1.82, 2.24) is 19.6 Å². The molecule has 1 aromatic carbocycles. The number of aromatic carboxylic acids is 1. The summed E-state index contributed by atoms with van der Waals surface area (Å²) in [6.45, 7) is 0.577. The van der Waals surface area contributed by atoms with Gasteiger partial charge in [0.2, 0.25) is 0 Å². The maximum atomic E-state index is 13.2. The van der Waals surface area contributed by atoms with Crippen LogP contribution < -0.4 is 5.73 Å². The van der Waals surface area contributed by atoms with Crippen LogP contribution in [0.4, 0.5) is 13.2 Å². The Balaban J connectivity index is 0.000000269. The summed E-state index contributed by atoms with van der Waals surface area (Å²) in [6.07, 6.45) is -1.19. The van der Waals surface area contributed by atoms with Gasteiger partial charge in [-0.05, 0) is 17.7 Å². The van der Waals surface area contributed by atoms with Crippen LogP contribution in [-0.2, 0) is 12.7 Å². The number of carboxylic acid groups (broad SMARTS) is 1. The van der Waals surface area contributed by atoms with Crippen LogP contribution in [0.2, 0.25) is 0 Å². The Morgan fingerprint density at radius 2 is 1.83 bits per heavy atom. The minimum Gasteiger partial charge on any atom is -0.476 e. The highest BCUT2D eigenvalue weighted by atomic mass is 19.4. The van der Waals surface area contributed by atoms with Gasteiger partial charge >= 0.3 is 12.1 Å². The number of aromatic nitrogens is 4. The molecular formula is C20H16F3N5O2. The Kier molecular flexibility index (Phi) is 6.07. The lowest BCUT2D eigenvalue weighted by atomic mass is 10.1. The zero-order chi connectivity index (χ0) is 21.7. The molecule has 3 heterocycles. The molecule has 4 rings (SSSR count). The van der Waals surface area contributed by atoms with Crippen LogP contribution in [0.1, 0.15) is 21.7 Å². The average Bonchev–Trinajstić information content (AvgIpc) is 3.18. The predicted molar refractivity (Wildman–Crippen MR) is 103 cm³/mol. The molecular weight excluding hydrogens is 399 g/mol. The molecule has 4 aromatic rings. The molecule has 0 aliphatic heterocycles. The number of halogens is 3. The molecule has 0 aliphatic carbocycles. The van der Waals surface area contributed by atoms with Gasteiger partial charge in [-0.25, -0.2) is 14.3 Å². The van der Waals surface area contributed by atoms with Gasteiger partial charge in [0.1, 0.15) is 0 Å². The van der Waals surface area contributed by atoms with Crippen LogP contribution in [0.15, 0.2) is 67.0 Å². The van der Waals surface area contributed by atoms with Crippen LogP contribution in [0, 0.1) is 0 Å². The van der Waals surface area contributed by atoms with Crippen molar-refractivity contribution >= 4 is 11.6 Å². The van der Waals surface area contributed by atoms with E-state index in [1.54, 1.807) is 42.7 Å². The minimum absolute atomic E-state index is 0.0947. The van der Waals surface area contributed by atoms with Gasteiger partial charge in [-0.15, -0.1) is 0 Å². The molecule has 0 saturated heterocycles. The summed E-state index contributed by atoms with van der Waals surface area (Å²) >= 11 is 0. The van der Waals surface area contributed by atoms with Crippen molar-refractivity contribution in [3.05, 3.63) is 83.9 Å². The first-order valence-electron chi connectivity index (χ1n) is 8.65. The lowest BCUT2D eigenvalue weighted by Crippen LogP contribution is -2.14. The Morgan fingerprint density at radius 3 is 2.37 bits per heavy atom. The van der Waals surface area contributed by atoms with E-state index in [0.717, 1.165) is 17.7 Å². The summed E-state index contributed by atoms with van der Waals surface area (Å²) < 4.78 is 40.1. The molecule has 0 fully saturated rings. The second kappa shape index (κ2) is 8.70. The van der Waals surface area contributed by atoms with E-state index in [0.29, 0.717) is 16.6 Å². The summed E-state index contributed by atoms with van der Waals surface area (Å²) in [5, 5.41) is 12.3. The first-order chi connectivity index (χ1) is 14.3. The van der Waals surface area contributed by atoms with Crippen molar-refractivity contribution in [2.24, 2.45) is 5.73 Å². The van der Waals surface area contributed by atoms with E-state index in [1.165, 1.54) is 0 Å². The zero-order valence-electron chi connectivity index (χ0n) is 15.4. The molecule has 7 nitrogen and oxygen atoms in total. The fourth-order valence-electron chi connectivity index (χ4n) is 2.56. The fourth-order valence-corrected chi connectivity index (χ4v) is 2.56. The molecule has 3 aromatic heterocycles. The lowest BCUT2D eigenvalue weighted by Gasteiger charge is -2.10. The van der Waals surface area contributed by atoms with Crippen LogP contribution in [-0.4, -0.2) is 30.7 Å². The molecule has 154 valence electrons. The van der Waals surface area contributed by atoms with E-state index in [-0.39, 0.29) is 11.3 Å². The third-order valence-corrected chi connectivity index (χ3v) is 3.96. The van der Waals surface area contributed by atoms with E-state index >= 15 is 0 Å². The maximum Gasteiger partial charge on any atom is 0.433 e. The number of fused-ring (bicyclic) bond motifs is 1. The second-order valence-electron chi connectivity index (χ2n) is 6.06. The number of pyridine rings is 1. The van der Waals surface area contributed by atoms with Gasteiger partial charge in [0.05, 0.1) is 5.69 Å². The highest BCUT2D eigenvalue weighted by Crippen LogP contribution is 2.32. The fraction of sp³-hybridized carbons (Fsp3) is 0.100. The largest absolute Gasteiger partial charge is 0.476 e. The number of alkyl halides is 3. The van der Waals surface area contributed by atoms with Gasteiger partial charge in [0.25, 0.3) is 0 Å². The summed E-state index contributed by atoms with van der Waals surface area (Å²) in [6, 6.07) is 14.0. The van der Waals surface area contributed by atoms with Crippen molar-refractivity contribution < 1.29 is 23.1 Å². The van der Waals surface area contributed by atoms with Gasteiger partial charge in [0.15, 0.2) is 17.0 Å². The standard InChI is InChI=1S/C14H8F3N3O2.C6H8N2/c15-14(16,17)11-6-9(8-4-2-1-3-5-8)18-12-7-10(13(21)22)19-20(11)12;7-4-6-2-1-3-8-5-6/h1-7H,(H,21,22);1-3,5H,4,7H2. The Bertz CT molecular complexity index is 1150. The molecule has 30 heavy (non-hydrogen) atoms. The normalized spacial score (nSPS) is 11.1. The SMILES string of the molecule is NCc1cccnc1.O=C(O)c1cc2nc(-c3ccccc3)cc(C(F)(F)F)n2n1. The highest BCUT2D eigenvalue weighted by molar-refractivity contribution is 5.86. The number of hydrogen-bond donors (Lipinski definition) is 2. The quantitative estimate of drug-likeness (QED) is 0.529. The van der Waals surface area contributed by atoms with Gasteiger partial charge in [-0.2, -0.15) is 18.3 Å². The number of rotatable bonds is 3. The third-order valence-electron chi connectivity index (χ3n) is 3.96. The summed E-state index contributed by atoms with van der Waals surface area (Å²) in [5.74, 6) is -1.42. The lowest BCUT2D eigenvalue weighted by molar-refractivity contribution is -0.142. The van der Waals surface area contributed by atoms with Crippen molar-refractivity contribution in [1.29, 1.82) is 0 Å². The summed E-state index contributed by atoms with van der Waals surface area (Å²) in [5.41, 5.74) is 5.22. The van der Waals surface area contributed by atoms with E-state index in [2.05, 4.69) is 15.1 Å². The second-order valence-corrected chi connectivity index (χ2v) is 6.06. The average molecular weight is 415 g/mol. The first kappa shape index (κ1) is 20.9. The molecule has 3 N–H and O–H groups in total. The highest BCUT2D eigenvalue weighted by Gasteiger charge is 2.35. The van der Waals surface area contributed by atoms with Gasteiger partial charge in [-0.1, -0.05) is 36.4 Å². The molecule has 0 saturated carbocycles. The minimum atomic E-state index is -4.69. The first-order valence-corrected chi connectivity index (χ1v) is 8.65. The Labute approximate surface area is 168 Å². The third kappa shape index (κ3) is 4.78.